The summed E-state index contributed by atoms with van der Waals surface area (Å²) in [7, 11) is 0. The van der Waals surface area contributed by atoms with Gasteiger partial charge in [-0.05, 0) is 30.9 Å². The summed E-state index contributed by atoms with van der Waals surface area (Å²) in [5, 5.41) is 2.75. The number of ether oxygens (including phenoxy) is 1. The molecule has 1 atom stereocenters. The fourth-order valence-corrected chi connectivity index (χ4v) is 3.75. The van der Waals surface area contributed by atoms with Crippen molar-refractivity contribution in [3.05, 3.63) is 35.6 Å². The molecule has 7 nitrogen and oxygen atoms in total. The number of nitrogens with two attached hydrogens (primary N) is 1. The molecule has 2 aliphatic heterocycles. The van der Waals surface area contributed by atoms with Gasteiger partial charge in [0.15, 0.2) is 0 Å². The van der Waals surface area contributed by atoms with Crippen molar-refractivity contribution in [2.45, 2.75) is 18.9 Å². The molecule has 2 fully saturated rings. The van der Waals surface area contributed by atoms with Gasteiger partial charge in [0.05, 0.1) is 11.6 Å². The molecule has 0 bridgehead atoms. The van der Waals surface area contributed by atoms with Crippen LogP contribution in [0, 0.1) is 11.7 Å². The van der Waals surface area contributed by atoms with E-state index in [0.717, 1.165) is 25.9 Å². The quantitative estimate of drug-likeness (QED) is 0.734. The number of nitrogens with zero attached hydrogens (tertiary/aromatic N) is 2. The Hall–Kier alpha value is -2.03. The number of amides is 2. The highest BCUT2D eigenvalue weighted by Gasteiger charge is 2.31. The van der Waals surface area contributed by atoms with E-state index in [2.05, 4.69) is 10.2 Å². The molecule has 28 heavy (non-hydrogen) atoms. The van der Waals surface area contributed by atoms with Gasteiger partial charge in [-0.3, -0.25) is 14.5 Å². The molecule has 1 unspecified atom stereocenters. The van der Waals surface area contributed by atoms with E-state index in [1.54, 1.807) is 12.1 Å². The van der Waals surface area contributed by atoms with Crippen molar-refractivity contribution in [2.75, 3.05) is 52.5 Å². The van der Waals surface area contributed by atoms with Gasteiger partial charge in [0.2, 0.25) is 5.91 Å². The highest BCUT2D eigenvalue weighted by molar-refractivity contribution is 5.94. The fourth-order valence-electron chi connectivity index (χ4n) is 3.75. The highest BCUT2D eigenvalue weighted by atomic mass is 19.1. The second-order valence-electron chi connectivity index (χ2n) is 7.38. The highest BCUT2D eigenvalue weighted by Crippen LogP contribution is 2.19. The lowest BCUT2D eigenvalue weighted by Crippen LogP contribution is -2.55. The van der Waals surface area contributed by atoms with E-state index in [9.17, 15) is 14.0 Å². The second kappa shape index (κ2) is 9.95. The van der Waals surface area contributed by atoms with Crippen LogP contribution in [0.4, 0.5) is 4.39 Å². The first kappa shape index (κ1) is 20.7. The molecule has 0 spiro atoms. The van der Waals surface area contributed by atoms with Crippen LogP contribution in [0.25, 0.3) is 0 Å². The maximum atomic E-state index is 13.6. The van der Waals surface area contributed by atoms with E-state index in [1.807, 2.05) is 4.90 Å². The normalized spacial score (nSPS) is 20.0. The maximum absolute atomic E-state index is 13.6. The predicted octanol–water partition coefficient (Wildman–Crippen LogP) is 0.454. The number of hydrogen-bond acceptors (Lipinski definition) is 5. The number of nitrogens with one attached hydrogen (secondary N) is 1. The third-order valence-electron chi connectivity index (χ3n) is 5.58. The van der Waals surface area contributed by atoms with Crippen molar-refractivity contribution in [2.24, 2.45) is 11.7 Å². The molecule has 3 N–H and O–H groups in total. The lowest BCUT2D eigenvalue weighted by atomic mass is 9.91. The number of carbonyl (C=O) groups is 2. The minimum Gasteiger partial charge on any atom is -0.381 e. The van der Waals surface area contributed by atoms with E-state index < -0.39 is 17.8 Å². The molecule has 0 saturated carbocycles. The largest absolute Gasteiger partial charge is 0.381 e. The van der Waals surface area contributed by atoms with Gasteiger partial charge in [0.25, 0.3) is 5.91 Å². The number of benzene rings is 1. The zero-order chi connectivity index (χ0) is 19.9. The van der Waals surface area contributed by atoms with Crippen molar-refractivity contribution in [3.8, 4) is 0 Å². The van der Waals surface area contributed by atoms with Gasteiger partial charge in [0, 0.05) is 52.5 Å². The Bertz CT molecular complexity index is 673. The molecule has 3 rings (SSSR count). The summed E-state index contributed by atoms with van der Waals surface area (Å²) < 4.78 is 19.0. The Kier molecular flexibility index (Phi) is 7.36. The van der Waals surface area contributed by atoms with Crippen LogP contribution in [0.2, 0.25) is 0 Å². The molecular weight excluding hydrogens is 363 g/mol. The Morgan fingerprint density at radius 2 is 1.86 bits per heavy atom. The first-order chi connectivity index (χ1) is 13.6. The third kappa shape index (κ3) is 5.27. The van der Waals surface area contributed by atoms with E-state index in [-0.39, 0.29) is 17.4 Å². The van der Waals surface area contributed by atoms with Crippen LogP contribution in [0.15, 0.2) is 24.3 Å². The van der Waals surface area contributed by atoms with E-state index in [1.165, 1.54) is 12.1 Å². The smallest absolute Gasteiger partial charge is 0.254 e. The van der Waals surface area contributed by atoms with Crippen LogP contribution >= 0.6 is 0 Å². The van der Waals surface area contributed by atoms with Crippen molar-refractivity contribution in [1.29, 1.82) is 0 Å². The van der Waals surface area contributed by atoms with Crippen molar-refractivity contribution in [1.82, 2.24) is 15.1 Å². The summed E-state index contributed by atoms with van der Waals surface area (Å²) in [6, 6.07) is 5.49. The number of hydrogen-bond donors (Lipinski definition) is 2. The second-order valence-corrected chi connectivity index (χ2v) is 7.38. The molecular formula is C20H29FN4O3. The molecule has 2 amide bonds. The summed E-state index contributed by atoms with van der Waals surface area (Å²) in [6.07, 6.45) is 1.68. The SMILES string of the molecule is NC(C(=O)N1CCN(CCNC(=O)c2ccccc2F)CC1)C1CCOCC1. The van der Waals surface area contributed by atoms with Crippen LogP contribution in [0.3, 0.4) is 0 Å². The molecule has 0 aliphatic carbocycles. The van der Waals surface area contributed by atoms with E-state index in [4.69, 9.17) is 10.5 Å². The Morgan fingerprint density at radius 3 is 2.54 bits per heavy atom. The number of carbonyl (C=O) groups excluding carboxylic acids is 2. The molecule has 1 aromatic rings. The molecule has 2 aliphatic rings. The summed E-state index contributed by atoms with van der Waals surface area (Å²) in [5.41, 5.74) is 6.26. The minimum atomic E-state index is -0.520. The van der Waals surface area contributed by atoms with Gasteiger partial charge in [0.1, 0.15) is 5.82 Å². The molecule has 0 radical (unpaired) electrons. The third-order valence-corrected chi connectivity index (χ3v) is 5.58. The molecule has 0 aromatic heterocycles. The zero-order valence-corrected chi connectivity index (χ0v) is 16.1. The lowest BCUT2D eigenvalue weighted by Gasteiger charge is -2.37. The van der Waals surface area contributed by atoms with Crippen LogP contribution in [-0.2, 0) is 9.53 Å². The van der Waals surface area contributed by atoms with Gasteiger partial charge in [-0.25, -0.2) is 4.39 Å². The Morgan fingerprint density at radius 1 is 1.18 bits per heavy atom. The molecule has 2 saturated heterocycles. The van der Waals surface area contributed by atoms with E-state index >= 15 is 0 Å². The van der Waals surface area contributed by atoms with Crippen LogP contribution in [0.5, 0.6) is 0 Å². The summed E-state index contributed by atoms with van der Waals surface area (Å²) >= 11 is 0. The van der Waals surface area contributed by atoms with Gasteiger partial charge in [-0.15, -0.1) is 0 Å². The fraction of sp³-hybridized carbons (Fsp3) is 0.600. The van der Waals surface area contributed by atoms with Gasteiger partial charge >= 0.3 is 0 Å². The summed E-state index contributed by atoms with van der Waals surface area (Å²) in [5.74, 6) is -0.699. The Balaban J connectivity index is 1.37. The molecule has 8 heteroatoms. The van der Waals surface area contributed by atoms with Gasteiger partial charge in [-0.1, -0.05) is 12.1 Å². The number of halogens is 1. The summed E-state index contributed by atoms with van der Waals surface area (Å²) in [6.45, 7) is 5.20. The molecule has 1 aromatic carbocycles. The number of piperazine rings is 1. The minimum absolute atomic E-state index is 0.0272. The summed E-state index contributed by atoms with van der Waals surface area (Å²) in [4.78, 5) is 28.7. The molecule has 154 valence electrons. The first-order valence-electron chi connectivity index (χ1n) is 9.93. The monoisotopic (exact) mass is 392 g/mol. The lowest BCUT2D eigenvalue weighted by molar-refractivity contribution is -0.136. The van der Waals surface area contributed by atoms with E-state index in [0.29, 0.717) is 39.4 Å². The molecule has 2 heterocycles. The average molecular weight is 392 g/mol. The Labute approximate surface area is 165 Å². The van der Waals surface area contributed by atoms with Gasteiger partial charge in [-0.2, -0.15) is 0 Å². The first-order valence-corrected chi connectivity index (χ1v) is 9.93. The van der Waals surface area contributed by atoms with Crippen molar-refractivity contribution < 1.29 is 18.7 Å². The van der Waals surface area contributed by atoms with Gasteiger partial charge < -0.3 is 20.7 Å². The van der Waals surface area contributed by atoms with Crippen LogP contribution in [0.1, 0.15) is 23.2 Å². The van der Waals surface area contributed by atoms with Crippen molar-refractivity contribution in [3.63, 3.8) is 0 Å². The number of rotatable bonds is 6. The predicted molar refractivity (Wildman–Crippen MR) is 103 cm³/mol. The maximum Gasteiger partial charge on any atom is 0.254 e. The van der Waals surface area contributed by atoms with Crippen LogP contribution in [-0.4, -0.2) is 80.1 Å². The van der Waals surface area contributed by atoms with Crippen LogP contribution < -0.4 is 11.1 Å². The standard InChI is InChI=1S/C20H29FN4O3/c21-17-4-2-1-3-16(17)19(26)23-7-8-24-9-11-25(12-10-24)20(27)18(22)15-5-13-28-14-6-15/h1-4,15,18H,5-14,22H2,(H,23,26). The topological polar surface area (TPSA) is 87.9 Å². The van der Waals surface area contributed by atoms with Crippen molar-refractivity contribution >= 4 is 11.8 Å². The average Bonchev–Trinajstić information content (AvgIpc) is 2.74. The zero-order valence-electron chi connectivity index (χ0n) is 16.1.